The van der Waals surface area contributed by atoms with Crippen molar-refractivity contribution in [2.24, 2.45) is 0 Å². The van der Waals surface area contributed by atoms with Crippen LogP contribution in [-0.2, 0) is 24.2 Å². The number of carbonyl (C=O) groups excluding carboxylic acids is 1. The fourth-order valence-electron chi connectivity index (χ4n) is 3.64. The number of imidazole rings is 1. The van der Waals surface area contributed by atoms with Crippen LogP contribution in [0.25, 0.3) is 0 Å². The first kappa shape index (κ1) is 18.8. The molecule has 1 unspecified atom stereocenters. The third kappa shape index (κ3) is 4.14. The first-order chi connectivity index (χ1) is 13.6. The summed E-state index contributed by atoms with van der Waals surface area (Å²) in [5.41, 5.74) is 5.97. The average molecular weight is 392 g/mol. The van der Waals surface area contributed by atoms with Gasteiger partial charge < -0.3 is 9.88 Å². The van der Waals surface area contributed by atoms with E-state index in [0.717, 1.165) is 35.9 Å². The molecule has 1 N–H and O–H groups in total. The molecule has 4 rings (SSSR count). The molecule has 2 heterocycles. The van der Waals surface area contributed by atoms with Crippen molar-refractivity contribution >= 4 is 17.7 Å². The number of benzene rings is 2. The lowest BCUT2D eigenvalue weighted by Crippen LogP contribution is -2.40. The number of rotatable bonds is 5. The number of aryl methyl sites for hydroxylation is 1. The summed E-state index contributed by atoms with van der Waals surface area (Å²) in [5.74, 6) is 0.179. The van der Waals surface area contributed by atoms with Crippen LogP contribution in [0.5, 0.6) is 0 Å². The van der Waals surface area contributed by atoms with Crippen molar-refractivity contribution in [2.45, 2.75) is 43.6 Å². The molecule has 1 amide bonds. The SMILES string of the molecule is Cc1[nH]c(SC(C)C(=O)N2CCc3ccccc3C2)nc1Cc1ccccc1. The van der Waals surface area contributed by atoms with Gasteiger partial charge in [-0.3, -0.25) is 4.79 Å². The van der Waals surface area contributed by atoms with Crippen molar-refractivity contribution in [2.75, 3.05) is 6.54 Å². The van der Waals surface area contributed by atoms with Gasteiger partial charge >= 0.3 is 0 Å². The summed E-state index contributed by atoms with van der Waals surface area (Å²) in [5, 5.41) is 0.655. The van der Waals surface area contributed by atoms with Crippen molar-refractivity contribution in [1.29, 1.82) is 0 Å². The Balaban J connectivity index is 1.40. The second kappa shape index (κ2) is 8.23. The Morgan fingerprint density at radius 2 is 1.86 bits per heavy atom. The molecule has 0 bridgehead atoms. The summed E-state index contributed by atoms with van der Waals surface area (Å²) in [6.07, 6.45) is 1.73. The molecule has 0 spiro atoms. The van der Waals surface area contributed by atoms with Crippen LogP contribution in [0.2, 0.25) is 0 Å². The third-order valence-electron chi connectivity index (χ3n) is 5.26. The Labute approximate surface area is 170 Å². The van der Waals surface area contributed by atoms with Gasteiger partial charge in [0, 0.05) is 25.2 Å². The van der Waals surface area contributed by atoms with Crippen molar-refractivity contribution < 1.29 is 4.79 Å². The van der Waals surface area contributed by atoms with E-state index >= 15 is 0 Å². The minimum Gasteiger partial charge on any atom is -0.337 e. The first-order valence-corrected chi connectivity index (χ1v) is 10.6. The predicted octanol–water partition coefficient (Wildman–Crippen LogP) is 4.37. The monoisotopic (exact) mass is 391 g/mol. The van der Waals surface area contributed by atoms with E-state index in [2.05, 4.69) is 35.3 Å². The number of H-pyrrole nitrogens is 1. The maximum Gasteiger partial charge on any atom is 0.236 e. The van der Waals surface area contributed by atoms with Crippen molar-refractivity contribution in [3.8, 4) is 0 Å². The largest absolute Gasteiger partial charge is 0.337 e. The molecule has 28 heavy (non-hydrogen) atoms. The molecule has 3 aromatic rings. The molecule has 0 saturated heterocycles. The van der Waals surface area contributed by atoms with E-state index in [9.17, 15) is 4.79 Å². The van der Waals surface area contributed by atoms with Gasteiger partial charge in [-0.05, 0) is 37.0 Å². The van der Waals surface area contributed by atoms with Gasteiger partial charge in [0.05, 0.1) is 10.9 Å². The number of hydrogen-bond acceptors (Lipinski definition) is 3. The summed E-state index contributed by atoms with van der Waals surface area (Å²) in [7, 11) is 0. The topological polar surface area (TPSA) is 49.0 Å². The number of aromatic amines is 1. The zero-order valence-electron chi connectivity index (χ0n) is 16.3. The van der Waals surface area contributed by atoms with E-state index < -0.39 is 0 Å². The summed E-state index contributed by atoms with van der Waals surface area (Å²) >= 11 is 1.51. The summed E-state index contributed by atoms with van der Waals surface area (Å²) < 4.78 is 0. The van der Waals surface area contributed by atoms with E-state index in [1.165, 1.54) is 28.5 Å². The summed E-state index contributed by atoms with van der Waals surface area (Å²) in [6.45, 7) is 5.51. The molecule has 0 aliphatic carbocycles. The Bertz CT molecular complexity index is 967. The van der Waals surface area contributed by atoms with Gasteiger partial charge in [-0.1, -0.05) is 66.4 Å². The average Bonchev–Trinajstić information content (AvgIpc) is 3.06. The highest BCUT2D eigenvalue weighted by atomic mass is 32.2. The standard InChI is InChI=1S/C23H25N3OS/c1-16-21(14-18-8-4-3-5-9-18)25-23(24-16)28-17(2)22(27)26-13-12-19-10-6-7-11-20(19)15-26/h3-11,17H,12-15H2,1-2H3,(H,24,25). The number of nitrogens with one attached hydrogen (secondary N) is 1. The molecule has 1 aliphatic rings. The Hall–Kier alpha value is -2.53. The van der Waals surface area contributed by atoms with Gasteiger partial charge in [0.1, 0.15) is 0 Å². The van der Waals surface area contributed by atoms with Crippen molar-refractivity contribution in [1.82, 2.24) is 14.9 Å². The highest BCUT2D eigenvalue weighted by Crippen LogP contribution is 2.26. The maximum atomic E-state index is 13.0. The third-order valence-corrected chi connectivity index (χ3v) is 6.23. The molecule has 5 heteroatoms. The van der Waals surface area contributed by atoms with Crippen molar-refractivity contribution in [3.05, 3.63) is 82.7 Å². The number of thioether (sulfide) groups is 1. The summed E-state index contributed by atoms with van der Waals surface area (Å²) in [6, 6.07) is 18.7. The highest BCUT2D eigenvalue weighted by Gasteiger charge is 2.26. The molecule has 1 aromatic heterocycles. The van der Waals surface area contributed by atoms with E-state index in [-0.39, 0.29) is 11.2 Å². The number of fused-ring (bicyclic) bond motifs is 1. The molecular formula is C23H25N3OS. The second-order valence-electron chi connectivity index (χ2n) is 7.31. The van der Waals surface area contributed by atoms with Crippen LogP contribution >= 0.6 is 11.8 Å². The molecule has 1 atom stereocenters. The van der Waals surface area contributed by atoms with Crippen molar-refractivity contribution in [3.63, 3.8) is 0 Å². The molecule has 0 saturated carbocycles. The van der Waals surface area contributed by atoms with E-state index in [1.807, 2.05) is 43.0 Å². The Morgan fingerprint density at radius 1 is 1.14 bits per heavy atom. The molecule has 2 aromatic carbocycles. The van der Waals surface area contributed by atoms with Gasteiger partial charge in [0.25, 0.3) is 0 Å². The van der Waals surface area contributed by atoms with Crippen LogP contribution in [-0.4, -0.2) is 32.6 Å². The molecule has 4 nitrogen and oxygen atoms in total. The van der Waals surface area contributed by atoms with Crippen LogP contribution in [0.3, 0.4) is 0 Å². The molecule has 1 aliphatic heterocycles. The number of carbonyl (C=O) groups is 1. The Kier molecular flexibility index (Phi) is 5.53. The van der Waals surface area contributed by atoms with Crippen LogP contribution in [0.1, 0.15) is 35.0 Å². The normalized spacial score (nSPS) is 14.6. The molecule has 0 fully saturated rings. The molecular weight excluding hydrogens is 366 g/mol. The number of amides is 1. The number of aromatic nitrogens is 2. The highest BCUT2D eigenvalue weighted by molar-refractivity contribution is 8.00. The smallest absolute Gasteiger partial charge is 0.236 e. The quantitative estimate of drug-likeness (QED) is 0.657. The van der Waals surface area contributed by atoms with Crippen LogP contribution in [0.4, 0.5) is 0 Å². The predicted molar refractivity (Wildman–Crippen MR) is 113 cm³/mol. The second-order valence-corrected chi connectivity index (χ2v) is 8.64. The van der Waals surface area contributed by atoms with Gasteiger partial charge in [-0.2, -0.15) is 0 Å². The van der Waals surface area contributed by atoms with Crippen LogP contribution < -0.4 is 0 Å². The first-order valence-electron chi connectivity index (χ1n) is 9.72. The van der Waals surface area contributed by atoms with Gasteiger partial charge in [-0.15, -0.1) is 0 Å². The zero-order chi connectivity index (χ0) is 19.5. The zero-order valence-corrected chi connectivity index (χ0v) is 17.1. The Morgan fingerprint density at radius 3 is 2.64 bits per heavy atom. The van der Waals surface area contributed by atoms with Crippen LogP contribution in [0, 0.1) is 6.92 Å². The van der Waals surface area contributed by atoms with Gasteiger partial charge in [0.15, 0.2) is 5.16 Å². The molecule has 0 radical (unpaired) electrons. The maximum absolute atomic E-state index is 13.0. The van der Waals surface area contributed by atoms with E-state index in [4.69, 9.17) is 4.98 Å². The summed E-state index contributed by atoms with van der Waals surface area (Å²) in [4.78, 5) is 23.0. The van der Waals surface area contributed by atoms with Gasteiger partial charge in [-0.25, -0.2) is 4.98 Å². The minimum absolute atomic E-state index is 0.166. The van der Waals surface area contributed by atoms with E-state index in [0.29, 0.717) is 6.54 Å². The number of nitrogens with zero attached hydrogens (tertiary/aromatic N) is 2. The fraction of sp³-hybridized carbons (Fsp3) is 0.304. The fourth-order valence-corrected chi connectivity index (χ4v) is 4.60. The lowest BCUT2D eigenvalue weighted by atomic mass is 10.00. The van der Waals surface area contributed by atoms with E-state index in [1.54, 1.807) is 0 Å². The van der Waals surface area contributed by atoms with Crippen LogP contribution in [0.15, 0.2) is 59.8 Å². The molecule has 144 valence electrons. The lowest BCUT2D eigenvalue weighted by molar-refractivity contribution is -0.131. The minimum atomic E-state index is -0.166. The van der Waals surface area contributed by atoms with Gasteiger partial charge in [0.2, 0.25) is 5.91 Å². The lowest BCUT2D eigenvalue weighted by Gasteiger charge is -2.30. The number of hydrogen-bond donors (Lipinski definition) is 1.